The fourth-order valence-corrected chi connectivity index (χ4v) is 1.92. The third-order valence-corrected chi connectivity index (χ3v) is 3.05. The van der Waals surface area contributed by atoms with Crippen molar-refractivity contribution >= 4 is 27.7 Å². The summed E-state index contributed by atoms with van der Waals surface area (Å²) in [7, 11) is 1.53. The first-order valence-electron chi connectivity index (χ1n) is 5.67. The van der Waals surface area contributed by atoms with Crippen molar-refractivity contribution in [1.82, 2.24) is 4.98 Å². The fraction of sp³-hybridized carbons (Fsp3) is 0.143. The van der Waals surface area contributed by atoms with E-state index in [1.54, 1.807) is 30.5 Å². The van der Waals surface area contributed by atoms with Crippen LogP contribution in [-0.4, -0.2) is 18.0 Å². The maximum atomic E-state index is 12.1. The van der Waals surface area contributed by atoms with Crippen molar-refractivity contribution in [3.8, 4) is 5.75 Å². The van der Waals surface area contributed by atoms with Gasteiger partial charge in [0.25, 0.3) is 5.91 Å². The number of carbonyl (C=O) groups is 1. The van der Waals surface area contributed by atoms with Gasteiger partial charge in [-0.2, -0.15) is 0 Å². The minimum absolute atomic E-state index is 0.249. The molecule has 98 valence electrons. The van der Waals surface area contributed by atoms with Crippen LogP contribution in [0.25, 0.3) is 0 Å². The van der Waals surface area contributed by atoms with Crippen molar-refractivity contribution in [2.75, 3.05) is 12.4 Å². The normalized spacial score (nSPS) is 10.1. The summed E-state index contributed by atoms with van der Waals surface area (Å²) in [6.45, 7) is 1.94. The number of methoxy groups -OCH3 is 1. The van der Waals surface area contributed by atoms with Gasteiger partial charge in [0.1, 0.15) is 11.6 Å². The number of aromatic nitrogens is 1. The second-order valence-electron chi connectivity index (χ2n) is 4.02. The first kappa shape index (κ1) is 13.5. The predicted molar refractivity (Wildman–Crippen MR) is 77.6 cm³/mol. The Labute approximate surface area is 119 Å². The Morgan fingerprint density at radius 2 is 2.11 bits per heavy atom. The maximum Gasteiger partial charge on any atom is 0.260 e. The Hall–Kier alpha value is -1.88. The van der Waals surface area contributed by atoms with Crippen LogP contribution in [0.1, 0.15) is 15.9 Å². The smallest absolute Gasteiger partial charge is 0.260 e. The van der Waals surface area contributed by atoms with E-state index in [4.69, 9.17) is 4.74 Å². The van der Waals surface area contributed by atoms with Gasteiger partial charge in [-0.15, -0.1) is 0 Å². The summed E-state index contributed by atoms with van der Waals surface area (Å²) < 4.78 is 6.05. The number of rotatable bonds is 3. The van der Waals surface area contributed by atoms with Gasteiger partial charge < -0.3 is 10.1 Å². The molecule has 1 N–H and O–H groups in total. The van der Waals surface area contributed by atoms with E-state index >= 15 is 0 Å². The van der Waals surface area contributed by atoms with Gasteiger partial charge in [0.2, 0.25) is 0 Å². The van der Waals surface area contributed by atoms with Gasteiger partial charge in [-0.25, -0.2) is 4.98 Å². The van der Waals surface area contributed by atoms with Gasteiger partial charge in [-0.1, -0.05) is 22.0 Å². The number of carbonyl (C=O) groups excluding carboxylic acids is 1. The van der Waals surface area contributed by atoms with E-state index < -0.39 is 0 Å². The molecule has 0 fully saturated rings. The van der Waals surface area contributed by atoms with Gasteiger partial charge >= 0.3 is 0 Å². The van der Waals surface area contributed by atoms with Crippen LogP contribution in [0.15, 0.2) is 41.0 Å². The van der Waals surface area contributed by atoms with E-state index in [0.29, 0.717) is 17.1 Å². The second-order valence-corrected chi connectivity index (χ2v) is 4.94. The number of anilines is 1. The highest BCUT2D eigenvalue weighted by atomic mass is 79.9. The third-order valence-electron chi connectivity index (χ3n) is 2.56. The van der Waals surface area contributed by atoms with E-state index in [0.717, 1.165) is 10.0 Å². The van der Waals surface area contributed by atoms with Gasteiger partial charge in [-0.3, -0.25) is 4.79 Å². The second kappa shape index (κ2) is 5.84. The molecule has 0 spiro atoms. The highest BCUT2D eigenvalue weighted by Crippen LogP contribution is 2.24. The average molecular weight is 321 g/mol. The lowest BCUT2D eigenvalue weighted by Gasteiger charge is -2.09. The number of nitrogens with one attached hydrogen (secondary N) is 1. The first-order chi connectivity index (χ1) is 9.10. The Kier molecular flexibility index (Phi) is 4.16. The molecule has 1 amide bonds. The summed E-state index contributed by atoms with van der Waals surface area (Å²) in [4.78, 5) is 16.3. The largest absolute Gasteiger partial charge is 0.496 e. The molecule has 0 unspecified atom stereocenters. The van der Waals surface area contributed by atoms with Crippen LogP contribution in [0.2, 0.25) is 0 Å². The summed E-state index contributed by atoms with van der Waals surface area (Å²) in [6.07, 6.45) is 1.70. The summed E-state index contributed by atoms with van der Waals surface area (Å²) in [5.41, 5.74) is 1.51. The van der Waals surface area contributed by atoms with Crippen LogP contribution in [0.4, 0.5) is 5.82 Å². The minimum Gasteiger partial charge on any atom is -0.496 e. The number of benzene rings is 1. The molecule has 0 atom stereocenters. The van der Waals surface area contributed by atoms with Crippen LogP contribution in [-0.2, 0) is 0 Å². The van der Waals surface area contributed by atoms with Gasteiger partial charge in [0.05, 0.1) is 12.7 Å². The Morgan fingerprint density at radius 3 is 2.74 bits per heavy atom. The molecule has 1 aromatic carbocycles. The Bertz CT molecular complexity index is 597. The quantitative estimate of drug-likeness (QED) is 0.942. The number of aryl methyl sites for hydroxylation is 1. The molecule has 2 rings (SSSR count). The number of ether oxygens (including phenoxy) is 1. The molecule has 19 heavy (non-hydrogen) atoms. The molecule has 0 radical (unpaired) electrons. The summed E-state index contributed by atoms with van der Waals surface area (Å²) in [6, 6.07) is 8.89. The lowest BCUT2D eigenvalue weighted by molar-refractivity contribution is 0.102. The Balaban J connectivity index is 2.22. The van der Waals surface area contributed by atoms with Crippen LogP contribution in [0, 0.1) is 6.92 Å². The average Bonchev–Trinajstić information content (AvgIpc) is 2.41. The molecule has 1 aromatic heterocycles. The maximum absolute atomic E-state index is 12.1. The minimum atomic E-state index is -0.249. The molecule has 0 saturated heterocycles. The van der Waals surface area contributed by atoms with Crippen LogP contribution in [0.5, 0.6) is 5.75 Å². The number of amides is 1. The van der Waals surface area contributed by atoms with Crippen molar-refractivity contribution in [1.29, 1.82) is 0 Å². The molecule has 4 nitrogen and oxygen atoms in total. The summed E-state index contributed by atoms with van der Waals surface area (Å²) in [5.74, 6) is 0.778. The van der Waals surface area contributed by atoms with E-state index in [1.165, 1.54) is 7.11 Å². The molecule has 0 aliphatic rings. The molecule has 0 saturated carbocycles. The van der Waals surface area contributed by atoms with E-state index in [-0.39, 0.29) is 5.91 Å². The van der Waals surface area contributed by atoms with Crippen molar-refractivity contribution in [2.24, 2.45) is 0 Å². The fourth-order valence-electron chi connectivity index (χ4n) is 1.58. The topological polar surface area (TPSA) is 51.2 Å². The van der Waals surface area contributed by atoms with Gasteiger partial charge in [-0.05, 0) is 36.8 Å². The van der Waals surface area contributed by atoms with E-state index in [2.05, 4.69) is 26.2 Å². The van der Waals surface area contributed by atoms with Crippen molar-refractivity contribution < 1.29 is 9.53 Å². The summed E-state index contributed by atoms with van der Waals surface area (Å²) in [5, 5.41) is 2.73. The van der Waals surface area contributed by atoms with Crippen molar-refractivity contribution in [2.45, 2.75) is 6.92 Å². The van der Waals surface area contributed by atoms with Crippen LogP contribution in [0.3, 0.4) is 0 Å². The molecule has 5 heteroatoms. The molecular weight excluding hydrogens is 308 g/mol. The number of hydrogen-bond donors (Lipinski definition) is 1. The van der Waals surface area contributed by atoms with E-state index in [1.807, 2.05) is 13.0 Å². The zero-order valence-corrected chi connectivity index (χ0v) is 12.2. The Morgan fingerprint density at radius 1 is 1.32 bits per heavy atom. The SMILES string of the molecule is COc1cc(Br)ccc1C(=O)Nc1ccc(C)cn1. The highest BCUT2D eigenvalue weighted by molar-refractivity contribution is 9.10. The first-order valence-corrected chi connectivity index (χ1v) is 6.47. The molecule has 0 bridgehead atoms. The highest BCUT2D eigenvalue weighted by Gasteiger charge is 2.13. The van der Waals surface area contributed by atoms with Crippen molar-refractivity contribution in [3.05, 3.63) is 52.1 Å². The van der Waals surface area contributed by atoms with Crippen LogP contribution >= 0.6 is 15.9 Å². The summed E-state index contributed by atoms with van der Waals surface area (Å²) >= 11 is 3.34. The van der Waals surface area contributed by atoms with E-state index in [9.17, 15) is 4.79 Å². The standard InChI is InChI=1S/C14H13BrN2O2/c1-9-3-6-13(16-8-9)17-14(18)11-5-4-10(15)7-12(11)19-2/h3-8H,1-2H3,(H,16,17,18). The molecule has 1 heterocycles. The zero-order chi connectivity index (χ0) is 13.8. The van der Waals surface area contributed by atoms with Gasteiger partial charge in [0.15, 0.2) is 0 Å². The lowest BCUT2D eigenvalue weighted by Crippen LogP contribution is -2.14. The predicted octanol–water partition coefficient (Wildman–Crippen LogP) is 3.41. The number of hydrogen-bond acceptors (Lipinski definition) is 3. The molecule has 0 aliphatic heterocycles. The number of nitrogens with zero attached hydrogens (tertiary/aromatic N) is 1. The zero-order valence-electron chi connectivity index (χ0n) is 10.6. The van der Waals surface area contributed by atoms with Gasteiger partial charge in [0, 0.05) is 10.7 Å². The molecule has 0 aliphatic carbocycles. The molecule has 2 aromatic rings. The molecular formula is C14H13BrN2O2. The van der Waals surface area contributed by atoms with Crippen LogP contribution < -0.4 is 10.1 Å². The number of pyridine rings is 1. The number of halogens is 1. The van der Waals surface area contributed by atoms with Crippen molar-refractivity contribution in [3.63, 3.8) is 0 Å². The monoisotopic (exact) mass is 320 g/mol. The lowest BCUT2D eigenvalue weighted by atomic mass is 10.2. The third kappa shape index (κ3) is 3.32.